The fourth-order valence-corrected chi connectivity index (χ4v) is 2.79. The molecule has 0 bridgehead atoms. The first-order chi connectivity index (χ1) is 10.2. The van der Waals surface area contributed by atoms with E-state index in [1.165, 1.54) is 0 Å². The summed E-state index contributed by atoms with van der Waals surface area (Å²) in [6.45, 7) is 9.67. The molecule has 1 amide bonds. The predicted octanol–water partition coefficient (Wildman–Crippen LogP) is 2.49. The molecular weight excluding hydrogens is 300 g/mol. The summed E-state index contributed by atoms with van der Waals surface area (Å²) in [5.74, 6) is 0.0358. The normalized spacial score (nSPS) is 22.6. The molecule has 0 radical (unpaired) electrons. The van der Waals surface area contributed by atoms with E-state index < -0.39 is 18.3 Å². The Labute approximate surface area is 136 Å². The Morgan fingerprint density at radius 3 is 2.23 bits per heavy atom. The quantitative estimate of drug-likeness (QED) is 0.786. The predicted molar refractivity (Wildman–Crippen MR) is 87.7 cm³/mol. The molecule has 2 aliphatic rings. The van der Waals surface area contributed by atoms with Gasteiger partial charge < -0.3 is 14.2 Å². The fourth-order valence-electron chi connectivity index (χ4n) is 2.52. The second kappa shape index (κ2) is 5.26. The summed E-state index contributed by atoms with van der Waals surface area (Å²) in [7, 11) is -0.509. The van der Waals surface area contributed by atoms with Crippen molar-refractivity contribution in [2.45, 2.75) is 45.3 Å². The van der Waals surface area contributed by atoms with Gasteiger partial charge in [-0.2, -0.15) is 0 Å². The van der Waals surface area contributed by atoms with Crippen molar-refractivity contribution in [2.75, 3.05) is 13.1 Å². The fraction of sp³-hybridized carbons (Fsp3) is 0.562. The van der Waals surface area contributed by atoms with Crippen LogP contribution in [0.5, 0.6) is 0 Å². The van der Waals surface area contributed by atoms with Crippen LogP contribution in [0.3, 0.4) is 0 Å². The number of halogens is 1. The number of likely N-dealkylation sites (tertiary alicyclic amines) is 1. The average molecular weight is 322 g/mol. The summed E-state index contributed by atoms with van der Waals surface area (Å²) in [6, 6.07) is 5.34. The van der Waals surface area contributed by atoms with Gasteiger partial charge in [-0.05, 0) is 46.2 Å². The van der Waals surface area contributed by atoms with Crippen molar-refractivity contribution >= 4 is 30.1 Å². The van der Waals surface area contributed by atoms with Crippen LogP contribution in [0.4, 0.5) is 0 Å². The van der Waals surface area contributed by atoms with Gasteiger partial charge in [0.1, 0.15) is 0 Å². The molecule has 2 heterocycles. The Kier molecular flexibility index (Phi) is 3.79. The third kappa shape index (κ3) is 2.55. The van der Waals surface area contributed by atoms with Crippen molar-refractivity contribution in [3.63, 3.8) is 0 Å². The van der Waals surface area contributed by atoms with Crippen molar-refractivity contribution in [3.8, 4) is 0 Å². The lowest BCUT2D eigenvalue weighted by atomic mass is 9.78. The van der Waals surface area contributed by atoms with Gasteiger partial charge in [0.25, 0.3) is 5.91 Å². The first kappa shape index (κ1) is 15.8. The van der Waals surface area contributed by atoms with E-state index in [4.69, 9.17) is 20.9 Å². The lowest BCUT2D eigenvalue weighted by Crippen LogP contribution is -2.42. The topological polar surface area (TPSA) is 38.8 Å². The molecule has 0 saturated carbocycles. The minimum atomic E-state index is -0.509. The Morgan fingerprint density at radius 2 is 1.77 bits per heavy atom. The zero-order valence-electron chi connectivity index (χ0n) is 13.5. The molecule has 22 heavy (non-hydrogen) atoms. The number of amides is 1. The van der Waals surface area contributed by atoms with Gasteiger partial charge in [-0.15, -0.1) is 0 Å². The summed E-state index contributed by atoms with van der Waals surface area (Å²) < 4.78 is 12.0. The van der Waals surface area contributed by atoms with Gasteiger partial charge in [0.2, 0.25) is 0 Å². The van der Waals surface area contributed by atoms with Gasteiger partial charge in [0.05, 0.1) is 11.2 Å². The molecule has 118 valence electrons. The molecule has 0 atom stereocenters. The first-order valence-corrected chi connectivity index (χ1v) is 8.03. The Hall–Kier alpha value is -1.04. The molecule has 2 aliphatic heterocycles. The van der Waals surface area contributed by atoms with Crippen molar-refractivity contribution in [3.05, 3.63) is 28.8 Å². The molecule has 6 heteroatoms. The van der Waals surface area contributed by atoms with Gasteiger partial charge in [0.15, 0.2) is 0 Å². The second-order valence-corrected chi connectivity index (χ2v) is 7.38. The lowest BCUT2D eigenvalue weighted by molar-refractivity contribution is 0.00578. The summed E-state index contributed by atoms with van der Waals surface area (Å²) in [5.41, 5.74) is 0.561. The maximum Gasteiger partial charge on any atom is 0.496 e. The third-order valence-electron chi connectivity index (χ3n) is 4.90. The monoisotopic (exact) mass is 321 g/mol. The summed E-state index contributed by atoms with van der Waals surface area (Å²) >= 11 is 6.37. The molecule has 0 N–H and O–H groups in total. The minimum Gasteiger partial charge on any atom is -0.399 e. The SMILES string of the molecule is CC1(C)OB(c2ccc(C(=O)N3CCC3)cc2Cl)OC1(C)C. The molecule has 3 rings (SSSR count). The minimum absolute atomic E-state index is 0.0358. The van der Waals surface area contributed by atoms with E-state index in [0.717, 1.165) is 25.0 Å². The number of hydrogen-bond donors (Lipinski definition) is 0. The van der Waals surface area contributed by atoms with Gasteiger partial charge in [-0.1, -0.05) is 17.7 Å². The molecule has 1 aromatic rings. The van der Waals surface area contributed by atoms with Crippen molar-refractivity contribution in [2.24, 2.45) is 0 Å². The van der Waals surface area contributed by atoms with Crippen LogP contribution in [0.1, 0.15) is 44.5 Å². The van der Waals surface area contributed by atoms with E-state index in [2.05, 4.69) is 0 Å². The van der Waals surface area contributed by atoms with E-state index in [9.17, 15) is 4.79 Å². The van der Waals surface area contributed by atoms with Crippen LogP contribution >= 0.6 is 11.6 Å². The zero-order chi connectivity index (χ0) is 16.1. The van der Waals surface area contributed by atoms with Crippen molar-refractivity contribution in [1.82, 2.24) is 4.90 Å². The first-order valence-electron chi connectivity index (χ1n) is 7.66. The maximum atomic E-state index is 12.2. The molecule has 4 nitrogen and oxygen atoms in total. The molecule has 2 fully saturated rings. The lowest BCUT2D eigenvalue weighted by Gasteiger charge is -2.32. The number of carbonyl (C=O) groups is 1. The van der Waals surface area contributed by atoms with Gasteiger partial charge in [0, 0.05) is 29.1 Å². The molecular formula is C16H21BClNO3. The van der Waals surface area contributed by atoms with Crippen LogP contribution in [0.2, 0.25) is 5.02 Å². The molecule has 0 spiro atoms. The van der Waals surface area contributed by atoms with Crippen LogP contribution < -0.4 is 5.46 Å². The van der Waals surface area contributed by atoms with E-state index in [-0.39, 0.29) is 5.91 Å². The molecule has 2 saturated heterocycles. The number of benzene rings is 1. The van der Waals surface area contributed by atoms with Gasteiger partial charge in [-0.3, -0.25) is 4.79 Å². The van der Waals surface area contributed by atoms with Crippen molar-refractivity contribution in [1.29, 1.82) is 0 Å². The highest BCUT2D eigenvalue weighted by molar-refractivity contribution is 6.65. The number of hydrogen-bond acceptors (Lipinski definition) is 3. The van der Waals surface area contributed by atoms with E-state index in [0.29, 0.717) is 10.6 Å². The number of rotatable bonds is 2. The number of carbonyl (C=O) groups excluding carboxylic acids is 1. The average Bonchev–Trinajstić information content (AvgIpc) is 2.55. The highest BCUT2D eigenvalue weighted by Gasteiger charge is 2.52. The number of nitrogens with zero attached hydrogens (tertiary/aromatic N) is 1. The largest absolute Gasteiger partial charge is 0.496 e. The van der Waals surface area contributed by atoms with E-state index in [1.54, 1.807) is 12.1 Å². The zero-order valence-corrected chi connectivity index (χ0v) is 14.2. The molecule has 1 aromatic carbocycles. The molecule has 0 aromatic heterocycles. The van der Waals surface area contributed by atoms with Crippen LogP contribution in [-0.2, 0) is 9.31 Å². The summed E-state index contributed by atoms with van der Waals surface area (Å²) in [6.07, 6.45) is 1.07. The van der Waals surface area contributed by atoms with Crippen LogP contribution in [0, 0.1) is 0 Å². The third-order valence-corrected chi connectivity index (χ3v) is 5.23. The van der Waals surface area contributed by atoms with Gasteiger partial charge in [-0.25, -0.2) is 0 Å². The molecule has 0 unspecified atom stereocenters. The van der Waals surface area contributed by atoms with Crippen LogP contribution in [-0.4, -0.2) is 42.2 Å². The Balaban J connectivity index is 1.83. The standard InChI is InChI=1S/C16H21BClNO3/c1-15(2)16(3,4)22-17(21-15)12-7-6-11(10-13(12)18)14(20)19-8-5-9-19/h6-7,10H,5,8-9H2,1-4H3. The second-order valence-electron chi connectivity index (χ2n) is 6.97. The Bertz CT molecular complexity index is 597. The van der Waals surface area contributed by atoms with Crippen LogP contribution in [0.25, 0.3) is 0 Å². The molecule has 0 aliphatic carbocycles. The highest BCUT2D eigenvalue weighted by atomic mass is 35.5. The smallest absolute Gasteiger partial charge is 0.399 e. The summed E-state index contributed by atoms with van der Waals surface area (Å²) in [5, 5.41) is 0.505. The van der Waals surface area contributed by atoms with Gasteiger partial charge >= 0.3 is 7.12 Å². The van der Waals surface area contributed by atoms with E-state index in [1.807, 2.05) is 38.7 Å². The maximum absolute atomic E-state index is 12.2. The van der Waals surface area contributed by atoms with E-state index >= 15 is 0 Å². The summed E-state index contributed by atoms with van der Waals surface area (Å²) in [4.78, 5) is 14.0. The highest BCUT2D eigenvalue weighted by Crippen LogP contribution is 2.37. The van der Waals surface area contributed by atoms with Crippen molar-refractivity contribution < 1.29 is 14.1 Å². The van der Waals surface area contributed by atoms with Crippen LogP contribution in [0.15, 0.2) is 18.2 Å². The Morgan fingerprint density at radius 1 is 1.18 bits per heavy atom.